The molecule has 0 aromatic heterocycles. The molecular weight excluding hydrogens is 440 g/mol. The molecule has 4 N–H and O–H groups in total. The molecule has 0 aliphatic carbocycles. The molecule has 0 bridgehead atoms. The monoisotopic (exact) mass is 466 g/mol. The van der Waals surface area contributed by atoms with Crippen molar-refractivity contribution in [3.63, 3.8) is 0 Å². The average Bonchev–Trinajstić information content (AvgIpc) is 3.36. The van der Waals surface area contributed by atoms with Crippen molar-refractivity contribution in [1.29, 1.82) is 0 Å². The number of nitrogen functional groups attached to an aromatic ring is 1. The van der Waals surface area contributed by atoms with Gasteiger partial charge in [0.2, 0.25) is 18.1 Å². The van der Waals surface area contributed by atoms with E-state index in [4.69, 9.17) is 26.8 Å². The Morgan fingerprint density at radius 3 is 2.81 bits per heavy atom. The Bertz CT molecular complexity index is 910. The minimum absolute atomic E-state index is 0.00762. The van der Waals surface area contributed by atoms with Gasteiger partial charge in [-0.15, -0.1) is 0 Å². The summed E-state index contributed by atoms with van der Waals surface area (Å²) in [6.45, 7) is 4.03. The van der Waals surface area contributed by atoms with Crippen LogP contribution in [0, 0.1) is 0 Å². The van der Waals surface area contributed by atoms with Gasteiger partial charge in [-0.25, -0.2) is 0 Å². The number of amides is 3. The van der Waals surface area contributed by atoms with E-state index in [0.29, 0.717) is 31.7 Å². The summed E-state index contributed by atoms with van der Waals surface area (Å²) in [6.07, 6.45) is 0.292. The van der Waals surface area contributed by atoms with Crippen LogP contribution in [0.15, 0.2) is 18.2 Å². The molecule has 3 rings (SSSR count). The van der Waals surface area contributed by atoms with Crippen molar-refractivity contribution >= 4 is 41.0 Å². The second-order valence-corrected chi connectivity index (χ2v) is 8.16. The zero-order valence-electron chi connectivity index (χ0n) is 17.9. The van der Waals surface area contributed by atoms with Crippen molar-refractivity contribution in [3.8, 4) is 0 Å². The van der Waals surface area contributed by atoms with Crippen LogP contribution in [0.25, 0.3) is 0 Å². The Morgan fingerprint density at radius 2 is 2.12 bits per heavy atom. The maximum atomic E-state index is 13.0. The molecule has 4 unspecified atom stereocenters. The first kappa shape index (κ1) is 23.8. The van der Waals surface area contributed by atoms with E-state index in [-0.39, 0.29) is 28.8 Å². The molecular formula is C21H27ClN4O6. The third-order valence-corrected chi connectivity index (χ3v) is 5.77. The number of rotatable bonds is 7. The first-order valence-corrected chi connectivity index (χ1v) is 10.9. The first-order chi connectivity index (χ1) is 15.2. The van der Waals surface area contributed by atoms with Gasteiger partial charge < -0.3 is 30.7 Å². The number of carbonyl (C=O) groups is 4. The third-order valence-electron chi connectivity index (χ3n) is 5.44. The van der Waals surface area contributed by atoms with Crippen LogP contribution < -0.4 is 16.4 Å². The number of esters is 1. The number of nitrogens with one attached hydrogen (secondary N) is 2. The summed E-state index contributed by atoms with van der Waals surface area (Å²) in [7, 11) is 0. The molecule has 0 spiro atoms. The molecule has 2 saturated heterocycles. The number of halogens is 1. The van der Waals surface area contributed by atoms with Crippen molar-refractivity contribution in [3.05, 3.63) is 28.8 Å². The van der Waals surface area contributed by atoms with Crippen LogP contribution in [-0.2, 0) is 23.9 Å². The largest absolute Gasteiger partial charge is 0.433 e. The number of cyclic esters (lactones) is 1. The first-order valence-electron chi connectivity index (χ1n) is 10.5. The summed E-state index contributed by atoms with van der Waals surface area (Å²) < 4.78 is 10.4. The third kappa shape index (κ3) is 5.31. The van der Waals surface area contributed by atoms with Crippen LogP contribution in [0.4, 0.5) is 5.69 Å². The number of anilines is 1. The van der Waals surface area contributed by atoms with E-state index in [9.17, 15) is 19.2 Å². The van der Waals surface area contributed by atoms with Crippen LogP contribution in [0.5, 0.6) is 0 Å². The second-order valence-electron chi connectivity index (χ2n) is 7.75. The number of likely N-dealkylation sites (tertiary alicyclic amines) is 1. The number of nitrogens with two attached hydrogens (primary N) is 1. The van der Waals surface area contributed by atoms with Crippen molar-refractivity contribution in [1.82, 2.24) is 15.5 Å². The molecule has 32 heavy (non-hydrogen) atoms. The molecule has 1 aromatic rings. The van der Waals surface area contributed by atoms with E-state index in [1.54, 1.807) is 13.8 Å². The molecule has 0 radical (unpaired) electrons. The van der Waals surface area contributed by atoms with Gasteiger partial charge in [0.25, 0.3) is 5.91 Å². The van der Waals surface area contributed by atoms with Gasteiger partial charge in [-0.3, -0.25) is 19.2 Å². The van der Waals surface area contributed by atoms with Gasteiger partial charge in [0.05, 0.1) is 17.1 Å². The lowest BCUT2D eigenvalue weighted by Crippen LogP contribution is -2.54. The van der Waals surface area contributed by atoms with Gasteiger partial charge in [0.15, 0.2) is 0 Å². The maximum Gasteiger partial charge on any atom is 0.310 e. The van der Waals surface area contributed by atoms with Crippen molar-refractivity contribution in [2.45, 2.75) is 57.5 Å². The highest BCUT2D eigenvalue weighted by molar-refractivity contribution is 6.33. The molecule has 2 aliphatic heterocycles. The summed E-state index contributed by atoms with van der Waals surface area (Å²) in [6, 6.07) is 2.28. The number of ether oxygens (including phenoxy) is 2. The molecule has 10 nitrogen and oxygen atoms in total. The Kier molecular flexibility index (Phi) is 7.57. The van der Waals surface area contributed by atoms with Gasteiger partial charge in [0, 0.05) is 18.7 Å². The average molecular weight is 467 g/mol. The fraction of sp³-hybridized carbons (Fsp3) is 0.524. The lowest BCUT2D eigenvalue weighted by Gasteiger charge is -2.28. The normalized spacial score (nSPS) is 23.5. The summed E-state index contributed by atoms with van der Waals surface area (Å²) in [5.41, 5.74) is 6.28. The zero-order valence-corrected chi connectivity index (χ0v) is 18.7. The van der Waals surface area contributed by atoms with Gasteiger partial charge in [0.1, 0.15) is 18.1 Å². The minimum atomic E-state index is -0.861. The standard InChI is InChI=1S/C21H27ClN4O6/c1-3-31-21-15(10-17(27)32-21)25-19(29)16-5-4-8-26(16)20(30)11(2)24-18(28)12-6-7-14(23)13(22)9-12/h6-7,9,11,15-16,21H,3-5,8,10,23H2,1-2H3,(H,24,28)(H,25,29). The Morgan fingerprint density at radius 1 is 1.38 bits per heavy atom. The summed E-state index contributed by atoms with van der Waals surface area (Å²) >= 11 is 5.96. The van der Waals surface area contributed by atoms with Gasteiger partial charge >= 0.3 is 5.97 Å². The Hall–Kier alpha value is -2.85. The quantitative estimate of drug-likeness (QED) is 0.399. The van der Waals surface area contributed by atoms with E-state index < -0.39 is 36.3 Å². The van der Waals surface area contributed by atoms with Crippen LogP contribution in [-0.4, -0.2) is 66.2 Å². The van der Waals surface area contributed by atoms with E-state index in [0.717, 1.165) is 0 Å². The van der Waals surface area contributed by atoms with E-state index in [1.807, 2.05) is 0 Å². The molecule has 4 atom stereocenters. The van der Waals surface area contributed by atoms with E-state index in [2.05, 4.69) is 10.6 Å². The number of nitrogens with zero attached hydrogens (tertiary/aromatic N) is 1. The minimum Gasteiger partial charge on any atom is -0.433 e. The number of benzene rings is 1. The Labute approximate surface area is 190 Å². The van der Waals surface area contributed by atoms with Crippen LogP contribution >= 0.6 is 11.6 Å². The predicted octanol–water partition coefficient (Wildman–Crippen LogP) is 0.826. The second kappa shape index (κ2) is 10.2. The molecule has 2 heterocycles. The summed E-state index contributed by atoms with van der Waals surface area (Å²) in [4.78, 5) is 51.4. The summed E-state index contributed by atoms with van der Waals surface area (Å²) in [5.74, 6) is -1.69. The van der Waals surface area contributed by atoms with Crippen LogP contribution in [0.3, 0.4) is 0 Å². The number of hydrogen-bond acceptors (Lipinski definition) is 7. The lowest BCUT2D eigenvalue weighted by atomic mass is 10.1. The van der Waals surface area contributed by atoms with Gasteiger partial charge in [-0.2, -0.15) is 0 Å². The van der Waals surface area contributed by atoms with Gasteiger partial charge in [-0.05, 0) is 44.9 Å². The fourth-order valence-corrected chi connectivity index (χ4v) is 3.99. The molecule has 11 heteroatoms. The predicted molar refractivity (Wildman–Crippen MR) is 116 cm³/mol. The molecule has 1 aromatic carbocycles. The lowest BCUT2D eigenvalue weighted by molar-refractivity contribution is -0.164. The van der Waals surface area contributed by atoms with Gasteiger partial charge in [-0.1, -0.05) is 11.6 Å². The molecule has 2 aliphatic rings. The smallest absolute Gasteiger partial charge is 0.310 e. The maximum absolute atomic E-state index is 13.0. The molecule has 3 amide bonds. The zero-order chi connectivity index (χ0) is 23.4. The highest BCUT2D eigenvalue weighted by atomic mass is 35.5. The number of hydrogen-bond donors (Lipinski definition) is 3. The van der Waals surface area contributed by atoms with Crippen molar-refractivity contribution in [2.24, 2.45) is 0 Å². The fourth-order valence-electron chi connectivity index (χ4n) is 3.81. The molecule has 2 fully saturated rings. The highest BCUT2D eigenvalue weighted by Crippen LogP contribution is 2.22. The topological polar surface area (TPSA) is 140 Å². The van der Waals surface area contributed by atoms with Crippen LogP contribution in [0.1, 0.15) is 43.5 Å². The SMILES string of the molecule is CCOC1OC(=O)CC1NC(=O)C1CCCN1C(=O)C(C)NC(=O)c1ccc(N)c(Cl)c1. The highest BCUT2D eigenvalue weighted by Gasteiger charge is 2.41. The van der Waals surface area contributed by atoms with Crippen molar-refractivity contribution < 1.29 is 28.7 Å². The molecule has 0 saturated carbocycles. The Balaban J connectivity index is 1.61. The number of carbonyl (C=O) groups excluding carboxylic acids is 4. The molecule has 174 valence electrons. The van der Waals surface area contributed by atoms with E-state index in [1.165, 1.54) is 23.1 Å². The van der Waals surface area contributed by atoms with E-state index >= 15 is 0 Å². The van der Waals surface area contributed by atoms with Crippen LogP contribution in [0.2, 0.25) is 5.02 Å². The van der Waals surface area contributed by atoms with Crippen molar-refractivity contribution in [2.75, 3.05) is 18.9 Å². The summed E-state index contributed by atoms with van der Waals surface area (Å²) in [5, 5.41) is 5.65.